The number of rotatable bonds is 3. The van der Waals surface area contributed by atoms with Gasteiger partial charge in [0.2, 0.25) is 0 Å². The van der Waals surface area contributed by atoms with Gasteiger partial charge in [-0.05, 0) is 17.5 Å². The Labute approximate surface area is 128 Å². The zero-order chi connectivity index (χ0) is 15.7. The molecule has 1 aliphatic rings. The molecule has 116 valence electrons. The van der Waals surface area contributed by atoms with E-state index in [4.69, 9.17) is 5.73 Å². The molecule has 1 aliphatic heterocycles. The summed E-state index contributed by atoms with van der Waals surface area (Å²) in [6.45, 7) is 0. The lowest BCUT2D eigenvalue weighted by Crippen LogP contribution is -2.35. The smallest absolute Gasteiger partial charge is 0.302 e. The summed E-state index contributed by atoms with van der Waals surface area (Å²) in [6.07, 6.45) is -2.37. The van der Waals surface area contributed by atoms with Gasteiger partial charge in [-0.2, -0.15) is 18.3 Å². The first-order valence-corrected chi connectivity index (χ1v) is 7.31. The molecule has 0 bridgehead atoms. The van der Waals surface area contributed by atoms with Gasteiger partial charge in [-0.1, -0.05) is 17.8 Å². The van der Waals surface area contributed by atoms with E-state index in [1.165, 1.54) is 18.0 Å². The quantitative estimate of drug-likeness (QED) is 0.907. The highest BCUT2D eigenvalue weighted by atomic mass is 32.2. The van der Waals surface area contributed by atoms with Crippen LogP contribution in [0.25, 0.3) is 5.70 Å². The van der Waals surface area contributed by atoms with Gasteiger partial charge >= 0.3 is 6.18 Å². The van der Waals surface area contributed by atoms with E-state index in [9.17, 15) is 13.2 Å². The molecule has 0 saturated heterocycles. The van der Waals surface area contributed by atoms with Crippen molar-refractivity contribution in [2.75, 3.05) is 4.90 Å². The number of hydrogen-bond donors (Lipinski definition) is 2. The second kappa shape index (κ2) is 5.65. The van der Waals surface area contributed by atoms with Crippen LogP contribution in [0.5, 0.6) is 0 Å². The fraction of sp³-hybridized carbons (Fsp3) is 0.231. The lowest BCUT2D eigenvalue weighted by molar-refractivity contribution is -0.127. The molecule has 2 aromatic rings. The number of pyridine rings is 1. The fourth-order valence-corrected chi connectivity index (χ4v) is 3.05. The summed E-state index contributed by atoms with van der Waals surface area (Å²) in [4.78, 5) is 5.90. The largest absolute Gasteiger partial charge is 0.394 e. The molecule has 0 radical (unpaired) electrons. The molecule has 2 aromatic heterocycles. The number of nitrogens with one attached hydrogen (secondary N) is 1. The first-order valence-electron chi connectivity index (χ1n) is 6.37. The second-order valence-electron chi connectivity index (χ2n) is 4.63. The van der Waals surface area contributed by atoms with Gasteiger partial charge in [-0.25, -0.2) is 4.98 Å². The Kier molecular flexibility index (Phi) is 3.83. The molecule has 3 N–H and O–H groups in total. The highest BCUT2D eigenvalue weighted by Crippen LogP contribution is 2.38. The topological polar surface area (TPSA) is 70.8 Å². The van der Waals surface area contributed by atoms with Crippen molar-refractivity contribution < 1.29 is 13.2 Å². The number of hydrogen-bond acceptors (Lipinski definition) is 5. The lowest BCUT2D eigenvalue weighted by atomic mass is 10.1. The maximum Gasteiger partial charge on any atom is 0.394 e. The molecule has 0 aromatic carbocycles. The van der Waals surface area contributed by atoms with Crippen molar-refractivity contribution in [1.82, 2.24) is 15.2 Å². The van der Waals surface area contributed by atoms with E-state index in [1.807, 2.05) is 0 Å². The van der Waals surface area contributed by atoms with Crippen LogP contribution in [0.15, 0.2) is 36.0 Å². The number of thioether (sulfide) groups is 1. The molecule has 3 rings (SSSR count). The number of nitrogens with two attached hydrogens (primary N) is 1. The average Bonchev–Trinajstić information content (AvgIpc) is 3.04. The third-order valence-corrected chi connectivity index (χ3v) is 3.94. The van der Waals surface area contributed by atoms with Gasteiger partial charge in [-0.3, -0.25) is 10.00 Å². The van der Waals surface area contributed by atoms with Crippen LogP contribution in [0.3, 0.4) is 0 Å². The Morgan fingerprint density at radius 1 is 1.36 bits per heavy atom. The number of H-pyrrole nitrogens is 1. The number of anilines is 1. The van der Waals surface area contributed by atoms with E-state index in [2.05, 4.69) is 15.2 Å². The van der Waals surface area contributed by atoms with E-state index < -0.39 is 18.1 Å². The van der Waals surface area contributed by atoms with Crippen molar-refractivity contribution in [3.05, 3.63) is 47.3 Å². The zero-order valence-electron chi connectivity index (χ0n) is 11.2. The molecule has 3 heterocycles. The van der Waals surface area contributed by atoms with Crippen molar-refractivity contribution >= 4 is 23.3 Å². The van der Waals surface area contributed by atoms with Crippen LogP contribution >= 0.6 is 11.8 Å². The minimum atomic E-state index is -4.33. The van der Waals surface area contributed by atoms with Crippen LogP contribution in [-0.4, -0.2) is 26.9 Å². The molecular formula is C13H12F3N5S. The van der Waals surface area contributed by atoms with Gasteiger partial charge < -0.3 is 5.73 Å². The molecule has 0 amide bonds. The first kappa shape index (κ1) is 14.9. The second-order valence-corrected chi connectivity index (χ2v) is 5.62. The van der Waals surface area contributed by atoms with Crippen molar-refractivity contribution in [2.45, 2.75) is 18.1 Å². The Balaban J connectivity index is 1.96. The highest BCUT2D eigenvalue weighted by molar-refractivity contribution is 8.03. The van der Waals surface area contributed by atoms with Crippen molar-refractivity contribution in [2.24, 2.45) is 5.73 Å². The van der Waals surface area contributed by atoms with Crippen molar-refractivity contribution in [3.8, 4) is 0 Å². The molecular weight excluding hydrogens is 315 g/mol. The maximum atomic E-state index is 12.7. The van der Waals surface area contributed by atoms with E-state index in [0.29, 0.717) is 17.1 Å². The predicted molar refractivity (Wildman–Crippen MR) is 78.6 cm³/mol. The van der Waals surface area contributed by atoms with Crippen LogP contribution in [0.4, 0.5) is 19.0 Å². The number of alkyl halides is 3. The van der Waals surface area contributed by atoms with Crippen LogP contribution in [0.1, 0.15) is 11.3 Å². The Morgan fingerprint density at radius 3 is 2.86 bits per heavy atom. The summed E-state index contributed by atoms with van der Waals surface area (Å²) < 4.78 is 38.0. The van der Waals surface area contributed by atoms with E-state index in [1.54, 1.807) is 34.7 Å². The number of nitrogens with zero attached hydrogens (tertiary/aromatic N) is 3. The molecule has 0 fully saturated rings. The van der Waals surface area contributed by atoms with E-state index >= 15 is 0 Å². The summed E-state index contributed by atoms with van der Waals surface area (Å²) in [7, 11) is 0. The Bertz CT molecular complexity index is 682. The summed E-state index contributed by atoms with van der Waals surface area (Å²) >= 11 is 1.31. The average molecular weight is 327 g/mol. The maximum absolute atomic E-state index is 12.7. The third kappa shape index (κ3) is 2.95. The third-order valence-electron chi connectivity index (χ3n) is 3.09. The number of aromatic nitrogens is 3. The summed E-state index contributed by atoms with van der Waals surface area (Å²) in [6, 6.07) is 5.30. The molecule has 9 heteroatoms. The van der Waals surface area contributed by atoms with Gasteiger partial charge in [0.1, 0.15) is 11.3 Å². The minimum Gasteiger partial charge on any atom is -0.302 e. The van der Waals surface area contributed by atoms with Gasteiger partial charge in [0.25, 0.3) is 0 Å². The Hall–Kier alpha value is -2.00. The summed E-state index contributed by atoms with van der Waals surface area (Å²) in [5.41, 5.74) is 6.46. The molecule has 1 unspecified atom stereocenters. The molecule has 0 saturated carbocycles. The summed E-state index contributed by atoms with van der Waals surface area (Å²) in [5.74, 6) is 0.574. The number of aromatic amines is 1. The lowest BCUT2D eigenvalue weighted by Gasteiger charge is -2.25. The van der Waals surface area contributed by atoms with E-state index in [-0.39, 0.29) is 5.69 Å². The molecule has 0 spiro atoms. The van der Waals surface area contributed by atoms with Crippen molar-refractivity contribution in [1.29, 1.82) is 0 Å². The highest BCUT2D eigenvalue weighted by Gasteiger charge is 2.34. The summed E-state index contributed by atoms with van der Waals surface area (Å²) in [5, 5.41) is 7.94. The monoisotopic (exact) mass is 327 g/mol. The van der Waals surface area contributed by atoms with Gasteiger partial charge in [0.15, 0.2) is 0 Å². The van der Waals surface area contributed by atoms with Crippen LogP contribution < -0.4 is 10.6 Å². The van der Waals surface area contributed by atoms with Gasteiger partial charge in [0.05, 0.1) is 17.8 Å². The minimum absolute atomic E-state index is 0.0608. The predicted octanol–water partition coefficient (Wildman–Crippen LogP) is 2.70. The standard InChI is InChI=1S/C13H12F3N5S/c14-13(15,16)5-9-8(6-19-20-9)10-7-22-12(17)21(10)11-3-1-2-4-18-11/h1-4,6-7,12H,5,17H2,(H,19,20). The normalized spacial score (nSPS) is 18.6. The fourth-order valence-electron chi connectivity index (χ4n) is 2.20. The zero-order valence-corrected chi connectivity index (χ0v) is 12.0. The van der Waals surface area contributed by atoms with Gasteiger partial charge in [0, 0.05) is 18.0 Å². The first-order chi connectivity index (χ1) is 10.5. The van der Waals surface area contributed by atoms with Crippen LogP contribution in [0, 0.1) is 0 Å². The number of halogens is 3. The molecule has 22 heavy (non-hydrogen) atoms. The Morgan fingerprint density at radius 2 is 2.18 bits per heavy atom. The van der Waals surface area contributed by atoms with Gasteiger partial charge in [-0.15, -0.1) is 0 Å². The van der Waals surface area contributed by atoms with Crippen LogP contribution in [-0.2, 0) is 6.42 Å². The van der Waals surface area contributed by atoms with E-state index in [0.717, 1.165) is 0 Å². The van der Waals surface area contributed by atoms with Crippen molar-refractivity contribution in [3.63, 3.8) is 0 Å². The molecule has 5 nitrogen and oxygen atoms in total. The SMILES string of the molecule is NC1SC=C(c2c[nH]nc2CC(F)(F)F)N1c1ccccn1. The van der Waals surface area contributed by atoms with Crippen LogP contribution in [0.2, 0.25) is 0 Å². The molecule has 1 atom stereocenters. The molecule has 0 aliphatic carbocycles.